The van der Waals surface area contributed by atoms with Crippen molar-refractivity contribution in [2.45, 2.75) is 76.5 Å². The largest absolute Gasteiger partial charge is 0.390 e. The van der Waals surface area contributed by atoms with Gasteiger partial charge < -0.3 is 10.2 Å². The van der Waals surface area contributed by atoms with Gasteiger partial charge in [-0.25, -0.2) is 0 Å². The fraction of sp³-hybridized carbons (Fsp3) is 0.800. The van der Waals surface area contributed by atoms with Crippen molar-refractivity contribution in [3.05, 3.63) is 18.0 Å². The Kier molecular flexibility index (Phi) is 4.63. The summed E-state index contributed by atoms with van der Waals surface area (Å²) in [5, 5.41) is 25.4. The zero-order valence-corrected chi connectivity index (χ0v) is 12.0. The molecule has 1 unspecified atom stereocenters. The third-order valence-electron chi connectivity index (χ3n) is 4.18. The molecule has 19 heavy (non-hydrogen) atoms. The molecular weight excluding hydrogens is 240 g/mol. The van der Waals surface area contributed by atoms with Crippen LogP contribution < -0.4 is 0 Å². The molecule has 1 fully saturated rings. The molecule has 0 aliphatic heterocycles. The molecule has 1 atom stereocenters. The summed E-state index contributed by atoms with van der Waals surface area (Å²) in [5.74, 6) is 0. The summed E-state index contributed by atoms with van der Waals surface area (Å²) in [6.45, 7) is 4.15. The van der Waals surface area contributed by atoms with Gasteiger partial charge >= 0.3 is 0 Å². The summed E-state index contributed by atoms with van der Waals surface area (Å²) in [7, 11) is 0. The molecule has 1 aliphatic rings. The lowest BCUT2D eigenvalue weighted by atomic mass is 9.86. The summed E-state index contributed by atoms with van der Waals surface area (Å²) in [4.78, 5) is 0. The molecule has 1 aromatic rings. The zero-order valence-electron chi connectivity index (χ0n) is 12.0. The highest BCUT2D eigenvalue weighted by Gasteiger charge is 2.36. The highest BCUT2D eigenvalue weighted by Crippen LogP contribution is 2.31. The predicted octanol–water partition coefficient (Wildman–Crippen LogP) is 2.45. The van der Waals surface area contributed by atoms with Gasteiger partial charge in [0, 0.05) is 18.7 Å². The molecule has 2 rings (SSSR count). The van der Waals surface area contributed by atoms with Crippen molar-refractivity contribution in [3.8, 4) is 0 Å². The first-order valence-electron chi connectivity index (χ1n) is 7.46. The molecular formula is C15H26N2O2. The van der Waals surface area contributed by atoms with Crippen LogP contribution >= 0.6 is 0 Å². The van der Waals surface area contributed by atoms with E-state index in [0.29, 0.717) is 25.3 Å². The first-order chi connectivity index (χ1) is 9.01. The zero-order chi connectivity index (χ0) is 13.9. The van der Waals surface area contributed by atoms with Crippen LogP contribution in [0, 0.1) is 0 Å². The third-order valence-corrected chi connectivity index (χ3v) is 4.18. The average Bonchev–Trinajstić information content (AvgIpc) is 2.71. The standard InChI is InChI=1S/C15H26N2O2/c1-12(2)17-10-7-13(16-17)11-14(18)15(19)8-5-3-4-6-9-15/h7,10,12,14,18-19H,3-6,8-9,11H2,1-2H3. The summed E-state index contributed by atoms with van der Waals surface area (Å²) in [6.07, 6.45) is 7.43. The van der Waals surface area contributed by atoms with Crippen LogP contribution in [0.2, 0.25) is 0 Å². The van der Waals surface area contributed by atoms with E-state index in [2.05, 4.69) is 18.9 Å². The highest BCUT2D eigenvalue weighted by atomic mass is 16.3. The number of nitrogens with zero attached hydrogens (tertiary/aromatic N) is 2. The molecule has 4 heteroatoms. The summed E-state index contributed by atoms with van der Waals surface area (Å²) in [6, 6.07) is 2.26. The van der Waals surface area contributed by atoms with E-state index >= 15 is 0 Å². The van der Waals surface area contributed by atoms with Gasteiger partial charge in [0.05, 0.1) is 17.4 Å². The average molecular weight is 266 g/mol. The number of hydrogen-bond acceptors (Lipinski definition) is 3. The van der Waals surface area contributed by atoms with E-state index in [1.165, 1.54) is 0 Å². The number of aromatic nitrogens is 2. The van der Waals surface area contributed by atoms with Gasteiger partial charge in [0.2, 0.25) is 0 Å². The molecule has 2 N–H and O–H groups in total. The van der Waals surface area contributed by atoms with Crippen molar-refractivity contribution in [3.63, 3.8) is 0 Å². The Morgan fingerprint density at radius 2 is 1.89 bits per heavy atom. The van der Waals surface area contributed by atoms with Gasteiger partial charge in [-0.05, 0) is 32.8 Å². The topological polar surface area (TPSA) is 58.3 Å². The van der Waals surface area contributed by atoms with Crippen LogP contribution in [0.5, 0.6) is 0 Å². The van der Waals surface area contributed by atoms with Gasteiger partial charge in [-0.15, -0.1) is 0 Å². The van der Waals surface area contributed by atoms with Gasteiger partial charge in [-0.1, -0.05) is 25.7 Å². The second-order valence-electron chi connectivity index (χ2n) is 6.12. The minimum absolute atomic E-state index is 0.326. The lowest BCUT2D eigenvalue weighted by Gasteiger charge is -2.31. The lowest BCUT2D eigenvalue weighted by molar-refractivity contribution is -0.0840. The van der Waals surface area contributed by atoms with E-state index in [-0.39, 0.29) is 0 Å². The number of aliphatic hydroxyl groups excluding tert-OH is 1. The Labute approximate surface area is 115 Å². The predicted molar refractivity (Wildman–Crippen MR) is 75.0 cm³/mol. The van der Waals surface area contributed by atoms with Crippen LogP contribution in [-0.2, 0) is 6.42 Å². The molecule has 0 amide bonds. The minimum atomic E-state index is -0.919. The molecule has 108 valence electrons. The van der Waals surface area contributed by atoms with Crippen molar-refractivity contribution in [2.24, 2.45) is 0 Å². The molecule has 1 aromatic heterocycles. The van der Waals surface area contributed by atoms with E-state index in [9.17, 15) is 10.2 Å². The molecule has 0 spiro atoms. The summed E-state index contributed by atoms with van der Waals surface area (Å²) in [5.41, 5.74) is -0.0585. The lowest BCUT2D eigenvalue weighted by Crippen LogP contribution is -2.43. The highest BCUT2D eigenvalue weighted by molar-refractivity contribution is 5.04. The fourth-order valence-corrected chi connectivity index (χ4v) is 2.84. The Morgan fingerprint density at radius 1 is 1.26 bits per heavy atom. The maximum atomic E-state index is 10.6. The van der Waals surface area contributed by atoms with Crippen LogP contribution in [0.4, 0.5) is 0 Å². The number of hydrogen-bond donors (Lipinski definition) is 2. The Hall–Kier alpha value is -0.870. The fourth-order valence-electron chi connectivity index (χ4n) is 2.84. The molecule has 0 bridgehead atoms. The molecule has 0 saturated heterocycles. The monoisotopic (exact) mass is 266 g/mol. The maximum absolute atomic E-state index is 10.6. The van der Waals surface area contributed by atoms with Gasteiger partial charge in [0.15, 0.2) is 0 Å². The van der Waals surface area contributed by atoms with Crippen molar-refractivity contribution < 1.29 is 10.2 Å². The van der Waals surface area contributed by atoms with Crippen molar-refractivity contribution in [2.75, 3.05) is 0 Å². The molecule has 4 nitrogen and oxygen atoms in total. The molecule has 1 heterocycles. The van der Waals surface area contributed by atoms with Crippen LogP contribution in [-0.4, -0.2) is 31.7 Å². The van der Waals surface area contributed by atoms with Crippen LogP contribution in [0.15, 0.2) is 12.3 Å². The van der Waals surface area contributed by atoms with Gasteiger partial charge in [-0.3, -0.25) is 4.68 Å². The van der Waals surface area contributed by atoms with Gasteiger partial charge in [0.1, 0.15) is 0 Å². The first-order valence-corrected chi connectivity index (χ1v) is 7.46. The van der Waals surface area contributed by atoms with Gasteiger partial charge in [0.25, 0.3) is 0 Å². The van der Waals surface area contributed by atoms with Crippen LogP contribution in [0.25, 0.3) is 0 Å². The van der Waals surface area contributed by atoms with Crippen molar-refractivity contribution >= 4 is 0 Å². The Balaban J connectivity index is 2.00. The van der Waals surface area contributed by atoms with E-state index in [0.717, 1.165) is 31.4 Å². The van der Waals surface area contributed by atoms with Crippen molar-refractivity contribution in [1.82, 2.24) is 9.78 Å². The molecule has 0 radical (unpaired) electrons. The second-order valence-corrected chi connectivity index (χ2v) is 6.12. The third kappa shape index (κ3) is 3.57. The first kappa shape index (κ1) is 14.5. The number of aliphatic hydroxyl groups is 2. The van der Waals surface area contributed by atoms with Crippen LogP contribution in [0.3, 0.4) is 0 Å². The van der Waals surface area contributed by atoms with Crippen LogP contribution in [0.1, 0.15) is 64.1 Å². The summed E-state index contributed by atoms with van der Waals surface area (Å²) < 4.78 is 1.89. The second kappa shape index (κ2) is 6.06. The SMILES string of the molecule is CC(C)n1ccc(CC(O)C2(O)CCCCCC2)n1. The summed E-state index contributed by atoms with van der Waals surface area (Å²) >= 11 is 0. The smallest absolute Gasteiger partial charge is 0.0909 e. The van der Waals surface area contributed by atoms with Crippen molar-refractivity contribution in [1.29, 1.82) is 0 Å². The van der Waals surface area contributed by atoms with Gasteiger partial charge in [-0.2, -0.15) is 5.10 Å². The maximum Gasteiger partial charge on any atom is 0.0909 e. The van der Waals surface area contributed by atoms with E-state index in [4.69, 9.17) is 0 Å². The van der Waals surface area contributed by atoms with E-state index in [1.807, 2.05) is 16.9 Å². The Bertz CT molecular complexity index is 393. The molecule has 1 aliphatic carbocycles. The minimum Gasteiger partial charge on any atom is -0.390 e. The Morgan fingerprint density at radius 3 is 2.42 bits per heavy atom. The quantitative estimate of drug-likeness (QED) is 0.823. The molecule has 0 aromatic carbocycles. The number of rotatable bonds is 4. The van der Waals surface area contributed by atoms with E-state index < -0.39 is 11.7 Å². The normalized spacial score (nSPS) is 21.3. The van der Waals surface area contributed by atoms with E-state index in [1.54, 1.807) is 0 Å². The molecule has 1 saturated carbocycles.